The lowest BCUT2D eigenvalue weighted by atomic mass is 9.75. The molecule has 1 saturated heterocycles. The fraction of sp³-hybridized carbons (Fsp3) is 0.571. The van der Waals surface area contributed by atoms with Gasteiger partial charge in [-0.2, -0.15) is 0 Å². The van der Waals surface area contributed by atoms with E-state index in [4.69, 9.17) is 9.47 Å². The SMILES string of the molecule is COCCCN1C(=O)C[C@@](CC(=O)N(C)C(C)C)(c2ccccc2OC)C1=O. The lowest BCUT2D eigenvalue weighted by molar-refractivity contribution is -0.143. The van der Waals surface area contributed by atoms with Crippen LogP contribution in [-0.2, 0) is 24.5 Å². The molecule has 154 valence electrons. The third-order valence-corrected chi connectivity index (χ3v) is 5.38. The number of hydrogen-bond donors (Lipinski definition) is 0. The third kappa shape index (κ3) is 4.19. The van der Waals surface area contributed by atoms with Gasteiger partial charge in [0.2, 0.25) is 17.7 Å². The van der Waals surface area contributed by atoms with Crippen molar-refractivity contribution in [3.8, 4) is 5.75 Å². The summed E-state index contributed by atoms with van der Waals surface area (Å²) in [6, 6.07) is 7.11. The molecule has 0 unspecified atom stereocenters. The Bertz CT molecular complexity index is 733. The molecule has 1 aromatic rings. The zero-order chi connectivity index (χ0) is 20.9. The van der Waals surface area contributed by atoms with Crippen LogP contribution in [0.25, 0.3) is 0 Å². The molecule has 0 spiro atoms. The number of hydrogen-bond acceptors (Lipinski definition) is 5. The molecular formula is C21H30N2O5. The van der Waals surface area contributed by atoms with Gasteiger partial charge in [0.05, 0.1) is 12.5 Å². The van der Waals surface area contributed by atoms with Crippen molar-refractivity contribution in [2.24, 2.45) is 0 Å². The molecule has 1 aliphatic rings. The summed E-state index contributed by atoms with van der Waals surface area (Å²) in [6.07, 6.45) is 0.431. The number of carbonyl (C=O) groups excluding carboxylic acids is 3. The van der Waals surface area contributed by atoms with E-state index in [0.717, 1.165) is 0 Å². The van der Waals surface area contributed by atoms with E-state index in [-0.39, 0.29) is 43.1 Å². The molecule has 1 aliphatic heterocycles. The molecule has 0 N–H and O–H groups in total. The van der Waals surface area contributed by atoms with Crippen LogP contribution in [0, 0.1) is 0 Å². The molecular weight excluding hydrogens is 360 g/mol. The van der Waals surface area contributed by atoms with E-state index in [1.165, 1.54) is 12.0 Å². The number of benzene rings is 1. The summed E-state index contributed by atoms with van der Waals surface area (Å²) in [7, 11) is 4.81. The molecule has 28 heavy (non-hydrogen) atoms. The molecule has 3 amide bonds. The van der Waals surface area contributed by atoms with Crippen LogP contribution in [0.5, 0.6) is 5.75 Å². The Hall–Kier alpha value is -2.41. The van der Waals surface area contributed by atoms with Crippen molar-refractivity contribution in [2.75, 3.05) is 34.4 Å². The van der Waals surface area contributed by atoms with E-state index in [0.29, 0.717) is 24.3 Å². The van der Waals surface area contributed by atoms with Gasteiger partial charge in [-0.25, -0.2) is 0 Å². The van der Waals surface area contributed by atoms with Gasteiger partial charge in [-0.1, -0.05) is 18.2 Å². The zero-order valence-electron chi connectivity index (χ0n) is 17.4. The van der Waals surface area contributed by atoms with Crippen LogP contribution in [-0.4, -0.2) is 68.0 Å². The lowest BCUT2D eigenvalue weighted by Crippen LogP contribution is -2.44. The highest BCUT2D eigenvalue weighted by atomic mass is 16.5. The maximum atomic E-state index is 13.5. The second-order valence-corrected chi connectivity index (χ2v) is 7.43. The second kappa shape index (κ2) is 9.19. The predicted molar refractivity (Wildman–Crippen MR) is 105 cm³/mol. The molecule has 0 bridgehead atoms. The minimum atomic E-state index is -1.25. The van der Waals surface area contributed by atoms with Gasteiger partial charge in [-0.15, -0.1) is 0 Å². The molecule has 1 heterocycles. The van der Waals surface area contributed by atoms with Crippen molar-refractivity contribution in [3.63, 3.8) is 0 Å². The van der Waals surface area contributed by atoms with Crippen molar-refractivity contribution >= 4 is 17.7 Å². The summed E-state index contributed by atoms with van der Waals surface area (Å²) >= 11 is 0. The smallest absolute Gasteiger partial charge is 0.241 e. The molecule has 0 radical (unpaired) electrons. The largest absolute Gasteiger partial charge is 0.496 e. The first-order valence-electron chi connectivity index (χ1n) is 9.51. The molecule has 0 aliphatic carbocycles. The molecule has 7 nitrogen and oxygen atoms in total. The minimum absolute atomic E-state index is 0.00719. The molecule has 1 aromatic carbocycles. The summed E-state index contributed by atoms with van der Waals surface area (Å²) in [5, 5.41) is 0. The number of amides is 3. The van der Waals surface area contributed by atoms with E-state index in [1.54, 1.807) is 43.3 Å². The van der Waals surface area contributed by atoms with Crippen LogP contribution in [0.4, 0.5) is 0 Å². The highest BCUT2D eigenvalue weighted by molar-refractivity contribution is 6.11. The highest BCUT2D eigenvalue weighted by Crippen LogP contribution is 2.44. The summed E-state index contributed by atoms with van der Waals surface area (Å²) in [6.45, 7) is 4.54. The number of rotatable bonds is 9. The third-order valence-electron chi connectivity index (χ3n) is 5.38. The fourth-order valence-corrected chi connectivity index (χ4v) is 3.55. The van der Waals surface area contributed by atoms with Gasteiger partial charge in [0.1, 0.15) is 5.75 Å². The maximum absolute atomic E-state index is 13.5. The van der Waals surface area contributed by atoms with Gasteiger partial charge in [-0.05, 0) is 26.3 Å². The quantitative estimate of drug-likeness (QED) is 0.476. The second-order valence-electron chi connectivity index (χ2n) is 7.43. The Morgan fingerprint density at radius 1 is 1.25 bits per heavy atom. The van der Waals surface area contributed by atoms with E-state index in [9.17, 15) is 14.4 Å². The molecule has 0 aromatic heterocycles. The Morgan fingerprint density at radius 2 is 1.93 bits per heavy atom. The molecule has 1 atom stereocenters. The van der Waals surface area contributed by atoms with E-state index in [1.807, 2.05) is 13.8 Å². The van der Waals surface area contributed by atoms with Crippen LogP contribution in [0.1, 0.15) is 38.7 Å². The van der Waals surface area contributed by atoms with Gasteiger partial charge in [-0.3, -0.25) is 19.3 Å². The Morgan fingerprint density at radius 3 is 2.54 bits per heavy atom. The minimum Gasteiger partial charge on any atom is -0.496 e. The predicted octanol–water partition coefficient (Wildman–Crippen LogP) is 1.99. The normalized spacial score (nSPS) is 19.4. The zero-order valence-corrected chi connectivity index (χ0v) is 17.4. The maximum Gasteiger partial charge on any atom is 0.241 e. The Balaban J connectivity index is 2.47. The standard InChI is InChI=1S/C21H30N2O5/c1-15(2)22(3)18(24)13-21(16-9-6-7-10-17(16)28-5)14-19(25)23(20(21)26)11-8-12-27-4/h6-7,9-10,15H,8,11-14H2,1-5H3/t21-/m0/s1. The van der Waals surface area contributed by atoms with E-state index in [2.05, 4.69) is 0 Å². The lowest BCUT2D eigenvalue weighted by Gasteiger charge is -2.31. The topological polar surface area (TPSA) is 76.2 Å². The van der Waals surface area contributed by atoms with Gasteiger partial charge in [0.15, 0.2) is 0 Å². The number of carbonyl (C=O) groups is 3. The Kier molecular flexibility index (Phi) is 7.18. The van der Waals surface area contributed by atoms with Gasteiger partial charge >= 0.3 is 0 Å². The van der Waals surface area contributed by atoms with Crippen LogP contribution < -0.4 is 4.74 Å². The number of methoxy groups -OCH3 is 2. The van der Waals surface area contributed by atoms with Crippen LogP contribution in [0.3, 0.4) is 0 Å². The molecule has 0 saturated carbocycles. The molecule has 1 fully saturated rings. The number of likely N-dealkylation sites (tertiary alicyclic amines) is 1. The number of ether oxygens (including phenoxy) is 2. The van der Waals surface area contributed by atoms with Crippen molar-refractivity contribution in [1.82, 2.24) is 9.80 Å². The highest BCUT2D eigenvalue weighted by Gasteiger charge is 2.55. The number of para-hydroxylation sites is 1. The van der Waals surface area contributed by atoms with Gasteiger partial charge in [0.25, 0.3) is 0 Å². The average Bonchev–Trinajstić information content (AvgIpc) is 2.92. The van der Waals surface area contributed by atoms with Gasteiger partial charge in [0, 0.05) is 51.8 Å². The van der Waals surface area contributed by atoms with Gasteiger partial charge < -0.3 is 14.4 Å². The summed E-state index contributed by atoms with van der Waals surface area (Å²) in [5.41, 5.74) is -0.674. The first-order valence-corrected chi connectivity index (χ1v) is 9.51. The summed E-state index contributed by atoms with van der Waals surface area (Å²) in [5.74, 6) is -0.293. The first kappa shape index (κ1) is 21.9. The summed E-state index contributed by atoms with van der Waals surface area (Å²) in [4.78, 5) is 42.0. The number of imide groups is 1. The van der Waals surface area contributed by atoms with E-state index < -0.39 is 5.41 Å². The van der Waals surface area contributed by atoms with Crippen LogP contribution >= 0.6 is 0 Å². The monoisotopic (exact) mass is 390 g/mol. The van der Waals surface area contributed by atoms with Crippen molar-refractivity contribution < 1.29 is 23.9 Å². The fourth-order valence-electron chi connectivity index (χ4n) is 3.55. The van der Waals surface area contributed by atoms with Crippen molar-refractivity contribution in [2.45, 2.75) is 44.6 Å². The molecule has 2 rings (SSSR count). The van der Waals surface area contributed by atoms with Crippen LogP contribution in [0.2, 0.25) is 0 Å². The average molecular weight is 390 g/mol. The molecule has 7 heteroatoms. The Labute approximate surface area is 166 Å². The van der Waals surface area contributed by atoms with E-state index >= 15 is 0 Å². The van der Waals surface area contributed by atoms with Crippen LogP contribution in [0.15, 0.2) is 24.3 Å². The van der Waals surface area contributed by atoms with Crippen molar-refractivity contribution in [1.29, 1.82) is 0 Å². The number of nitrogens with zero attached hydrogens (tertiary/aromatic N) is 2. The first-order chi connectivity index (χ1) is 13.3. The van der Waals surface area contributed by atoms with Crippen molar-refractivity contribution in [3.05, 3.63) is 29.8 Å². The summed E-state index contributed by atoms with van der Waals surface area (Å²) < 4.78 is 10.5.